The number of carbonyl (C=O) groups excluding carboxylic acids is 1. The van der Waals surface area contributed by atoms with Crippen LogP contribution in [0.3, 0.4) is 0 Å². The van der Waals surface area contributed by atoms with Crippen molar-refractivity contribution in [3.63, 3.8) is 0 Å². The van der Waals surface area contributed by atoms with Crippen LogP contribution in [0.25, 0.3) is 11.1 Å². The molecule has 0 saturated heterocycles. The molecule has 23 heavy (non-hydrogen) atoms. The molecule has 0 heterocycles. The third kappa shape index (κ3) is 4.42. The van der Waals surface area contributed by atoms with Gasteiger partial charge in [0.25, 0.3) is 0 Å². The van der Waals surface area contributed by atoms with Gasteiger partial charge in [-0.15, -0.1) is 0 Å². The summed E-state index contributed by atoms with van der Waals surface area (Å²) in [7, 11) is 0. The molecule has 1 N–H and O–H groups in total. The van der Waals surface area contributed by atoms with Gasteiger partial charge in [-0.1, -0.05) is 56.2 Å². The van der Waals surface area contributed by atoms with Crippen LogP contribution in [0.15, 0.2) is 48.5 Å². The predicted molar refractivity (Wildman–Crippen MR) is 88.6 cm³/mol. The molecule has 0 aliphatic heterocycles. The maximum absolute atomic E-state index is 12.0. The minimum atomic E-state index is -1.01. The highest BCUT2D eigenvalue weighted by Gasteiger charge is 2.16. The fraction of sp³-hybridized carbons (Fsp3) is 0.263. The Morgan fingerprint density at radius 2 is 1.61 bits per heavy atom. The SMILES string of the molecule is CCCCCC(=O)Oc1ccccc1-c1ccccc1C(=O)O. The number of unbranched alkanes of at least 4 members (excludes halogenated alkanes) is 2. The normalized spacial score (nSPS) is 10.3. The van der Waals surface area contributed by atoms with Gasteiger partial charge in [0, 0.05) is 12.0 Å². The molecule has 0 unspecified atom stereocenters. The summed E-state index contributed by atoms with van der Waals surface area (Å²) >= 11 is 0. The molecule has 0 aliphatic carbocycles. The fourth-order valence-electron chi connectivity index (χ4n) is 2.38. The second-order valence-corrected chi connectivity index (χ2v) is 5.28. The van der Waals surface area contributed by atoms with Crippen molar-refractivity contribution in [2.75, 3.05) is 0 Å². The lowest BCUT2D eigenvalue weighted by atomic mass is 9.99. The van der Waals surface area contributed by atoms with E-state index in [9.17, 15) is 14.7 Å². The lowest BCUT2D eigenvalue weighted by Gasteiger charge is -2.12. The van der Waals surface area contributed by atoms with Crippen molar-refractivity contribution in [1.82, 2.24) is 0 Å². The maximum Gasteiger partial charge on any atom is 0.336 e. The first-order valence-electron chi connectivity index (χ1n) is 7.76. The zero-order valence-corrected chi connectivity index (χ0v) is 13.1. The van der Waals surface area contributed by atoms with Gasteiger partial charge in [0.1, 0.15) is 5.75 Å². The smallest absolute Gasteiger partial charge is 0.336 e. The van der Waals surface area contributed by atoms with Crippen LogP contribution in [-0.2, 0) is 4.79 Å². The molecule has 120 valence electrons. The fourth-order valence-corrected chi connectivity index (χ4v) is 2.38. The number of esters is 1. The van der Waals surface area contributed by atoms with Gasteiger partial charge in [-0.3, -0.25) is 4.79 Å². The van der Waals surface area contributed by atoms with Crippen molar-refractivity contribution in [3.05, 3.63) is 54.1 Å². The van der Waals surface area contributed by atoms with E-state index >= 15 is 0 Å². The number of carbonyl (C=O) groups is 2. The molecule has 0 amide bonds. The van der Waals surface area contributed by atoms with Gasteiger partial charge in [0.15, 0.2) is 0 Å². The number of hydrogen-bond acceptors (Lipinski definition) is 3. The molecule has 2 rings (SSSR count). The van der Waals surface area contributed by atoms with Gasteiger partial charge in [-0.05, 0) is 24.1 Å². The summed E-state index contributed by atoms with van der Waals surface area (Å²) < 4.78 is 5.45. The Hall–Kier alpha value is -2.62. The lowest BCUT2D eigenvalue weighted by molar-refractivity contribution is -0.134. The molecule has 0 fully saturated rings. The van der Waals surface area contributed by atoms with Crippen LogP contribution in [0.5, 0.6) is 5.75 Å². The van der Waals surface area contributed by atoms with E-state index in [1.165, 1.54) is 6.07 Å². The number of ether oxygens (including phenoxy) is 1. The summed E-state index contributed by atoms with van der Waals surface area (Å²) in [6.07, 6.45) is 3.18. The zero-order valence-electron chi connectivity index (χ0n) is 13.1. The van der Waals surface area contributed by atoms with Crippen molar-refractivity contribution >= 4 is 11.9 Å². The molecular weight excluding hydrogens is 292 g/mol. The average Bonchev–Trinajstić information content (AvgIpc) is 2.55. The monoisotopic (exact) mass is 312 g/mol. The Kier molecular flexibility index (Phi) is 5.92. The number of rotatable bonds is 7. The van der Waals surface area contributed by atoms with E-state index < -0.39 is 5.97 Å². The molecule has 2 aromatic carbocycles. The molecule has 0 atom stereocenters. The second kappa shape index (κ2) is 8.13. The van der Waals surface area contributed by atoms with Gasteiger partial charge in [0.2, 0.25) is 0 Å². The van der Waals surface area contributed by atoms with E-state index in [0.717, 1.165) is 19.3 Å². The Labute approximate surface area is 135 Å². The average molecular weight is 312 g/mol. The molecule has 4 nitrogen and oxygen atoms in total. The van der Waals surface area contributed by atoms with E-state index in [1.807, 2.05) is 0 Å². The molecule has 0 saturated carbocycles. The quantitative estimate of drug-likeness (QED) is 0.463. The van der Waals surface area contributed by atoms with Crippen LogP contribution in [0.2, 0.25) is 0 Å². The van der Waals surface area contributed by atoms with E-state index in [4.69, 9.17) is 4.74 Å². The van der Waals surface area contributed by atoms with Crippen LogP contribution in [-0.4, -0.2) is 17.0 Å². The summed E-state index contributed by atoms with van der Waals surface area (Å²) in [5, 5.41) is 9.34. The molecular formula is C19H20O4. The Bertz CT molecular complexity index is 691. The first-order valence-corrected chi connectivity index (χ1v) is 7.76. The number of aromatic carboxylic acids is 1. The van der Waals surface area contributed by atoms with Crippen LogP contribution in [0.1, 0.15) is 43.0 Å². The minimum absolute atomic E-state index is 0.182. The first-order chi connectivity index (χ1) is 11.1. The van der Waals surface area contributed by atoms with Gasteiger partial charge in [-0.2, -0.15) is 0 Å². The second-order valence-electron chi connectivity index (χ2n) is 5.28. The van der Waals surface area contributed by atoms with Crippen LogP contribution >= 0.6 is 0 Å². The van der Waals surface area contributed by atoms with Crippen molar-refractivity contribution in [1.29, 1.82) is 0 Å². The number of hydrogen-bond donors (Lipinski definition) is 1. The van der Waals surface area contributed by atoms with Crippen molar-refractivity contribution in [2.24, 2.45) is 0 Å². The summed E-state index contributed by atoms with van der Waals surface area (Å²) in [6.45, 7) is 2.07. The molecule has 0 aromatic heterocycles. The van der Waals surface area contributed by atoms with Gasteiger partial charge >= 0.3 is 11.9 Å². The van der Waals surface area contributed by atoms with Crippen molar-refractivity contribution in [3.8, 4) is 16.9 Å². The molecule has 0 bridgehead atoms. The Morgan fingerprint density at radius 1 is 0.957 bits per heavy atom. The summed E-state index contributed by atoms with van der Waals surface area (Å²) in [5.74, 6) is -0.911. The first kappa shape index (κ1) is 16.7. The van der Waals surface area contributed by atoms with E-state index in [0.29, 0.717) is 23.3 Å². The van der Waals surface area contributed by atoms with Gasteiger partial charge < -0.3 is 9.84 Å². The third-order valence-electron chi connectivity index (χ3n) is 3.54. The minimum Gasteiger partial charge on any atom is -0.478 e. The Morgan fingerprint density at radius 3 is 2.30 bits per heavy atom. The van der Waals surface area contributed by atoms with Gasteiger partial charge in [-0.25, -0.2) is 4.79 Å². The molecule has 0 radical (unpaired) electrons. The van der Waals surface area contributed by atoms with Crippen LogP contribution in [0.4, 0.5) is 0 Å². The van der Waals surface area contributed by atoms with Crippen LogP contribution in [0, 0.1) is 0 Å². The molecule has 0 spiro atoms. The highest BCUT2D eigenvalue weighted by Crippen LogP contribution is 2.32. The Balaban J connectivity index is 2.28. The maximum atomic E-state index is 12.0. The topological polar surface area (TPSA) is 63.6 Å². The lowest BCUT2D eigenvalue weighted by Crippen LogP contribution is -2.09. The summed E-state index contributed by atoms with van der Waals surface area (Å²) in [6, 6.07) is 13.7. The molecule has 4 heteroatoms. The highest BCUT2D eigenvalue weighted by molar-refractivity contribution is 5.97. The largest absolute Gasteiger partial charge is 0.478 e. The number of carboxylic acids is 1. The third-order valence-corrected chi connectivity index (χ3v) is 3.54. The van der Waals surface area contributed by atoms with Crippen LogP contribution < -0.4 is 4.74 Å². The molecule has 0 aliphatic rings. The van der Waals surface area contributed by atoms with Crippen molar-refractivity contribution in [2.45, 2.75) is 32.6 Å². The standard InChI is InChI=1S/C19H20O4/c1-2-3-4-13-18(20)23-17-12-8-7-10-15(17)14-9-5-6-11-16(14)19(21)22/h5-12H,2-4,13H2,1H3,(H,21,22). The molecule has 2 aromatic rings. The van der Waals surface area contributed by atoms with E-state index in [2.05, 4.69) is 6.92 Å². The summed E-state index contributed by atoms with van der Waals surface area (Å²) in [5.41, 5.74) is 1.33. The predicted octanol–water partition coefficient (Wildman–Crippen LogP) is 4.54. The van der Waals surface area contributed by atoms with Crippen molar-refractivity contribution < 1.29 is 19.4 Å². The van der Waals surface area contributed by atoms with E-state index in [-0.39, 0.29) is 11.5 Å². The number of benzene rings is 2. The number of para-hydroxylation sites is 1. The summed E-state index contributed by atoms with van der Waals surface area (Å²) in [4.78, 5) is 23.3. The number of carboxylic acid groups (broad SMARTS) is 1. The zero-order chi connectivity index (χ0) is 16.7. The highest BCUT2D eigenvalue weighted by atomic mass is 16.5. The van der Waals surface area contributed by atoms with Gasteiger partial charge in [0.05, 0.1) is 5.56 Å². The van der Waals surface area contributed by atoms with E-state index in [1.54, 1.807) is 42.5 Å².